The van der Waals surface area contributed by atoms with Crippen molar-refractivity contribution < 1.29 is 26.5 Å². The van der Waals surface area contributed by atoms with Gasteiger partial charge in [0.15, 0.2) is 11.5 Å². The summed E-state index contributed by atoms with van der Waals surface area (Å²) in [6.45, 7) is 0. The van der Waals surface area contributed by atoms with Crippen molar-refractivity contribution in [2.75, 3.05) is 0 Å². The van der Waals surface area contributed by atoms with E-state index >= 15 is 0 Å². The zero-order chi connectivity index (χ0) is 21.6. The first-order chi connectivity index (χ1) is 14.2. The van der Waals surface area contributed by atoms with Gasteiger partial charge in [-0.05, 0) is 52.3 Å². The number of nitrogens with zero attached hydrogens (tertiary/aromatic N) is 3. The van der Waals surface area contributed by atoms with Crippen molar-refractivity contribution in [3.8, 4) is 28.3 Å². The molecule has 0 unspecified atom stereocenters. The highest BCUT2D eigenvalue weighted by atomic mass is 79.9. The second-order valence-electron chi connectivity index (χ2n) is 6.06. The molecule has 0 aliphatic rings. The molecule has 0 radical (unpaired) electrons. The van der Waals surface area contributed by atoms with Crippen LogP contribution in [-0.4, -0.2) is 14.9 Å². The van der Waals surface area contributed by atoms with Gasteiger partial charge in [-0.3, -0.25) is 0 Å². The lowest BCUT2D eigenvalue weighted by Crippen LogP contribution is -2.14. The topological polar surface area (TPSA) is 43.9 Å². The first-order valence-corrected chi connectivity index (χ1v) is 9.36. The molecule has 0 amide bonds. The molecule has 11 heteroatoms. The lowest BCUT2D eigenvalue weighted by Gasteiger charge is -2.12. The highest BCUT2D eigenvalue weighted by Gasteiger charge is 2.41. The number of halogens is 7. The van der Waals surface area contributed by atoms with Gasteiger partial charge < -0.3 is 4.52 Å². The molecule has 2 heterocycles. The maximum Gasteiger partial charge on any atom is 0.434 e. The third kappa shape index (κ3) is 3.50. The van der Waals surface area contributed by atoms with Gasteiger partial charge in [0.2, 0.25) is 0 Å². The number of hydrogen-bond acceptors (Lipinski definition) is 3. The fraction of sp³-hybridized carbons (Fsp3) is 0.0526. The van der Waals surface area contributed by atoms with Gasteiger partial charge in [-0.25, -0.2) is 13.5 Å². The number of rotatable bonds is 3. The summed E-state index contributed by atoms with van der Waals surface area (Å²) in [6.07, 6.45) is -3.91. The van der Waals surface area contributed by atoms with Crippen molar-refractivity contribution in [1.82, 2.24) is 14.9 Å². The average molecular weight is 505 g/mol. The average Bonchev–Trinajstić information content (AvgIpc) is 3.26. The van der Waals surface area contributed by atoms with Crippen molar-refractivity contribution in [1.29, 1.82) is 0 Å². The van der Waals surface area contributed by atoms with Crippen LogP contribution in [0.5, 0.6) is 0 Å². The molecular weight excluding hydrogens is 497 g/mol. The summed E-state index contributed by atoms with van der Waals surface area (Å²) in [5, 5.41) is 7.49. The molecule has 0 bridgehead atoms. The van der Waals surface area contributed by atoms with E-state index in [1.807, 2.05) is 0 Å². The molecule has 0 saturated heterocycles. The molecule has 0 spiro atoms. The highest BCUT2D eigenvalue weighted by Crippen LogP contribution is 2.44. The van der Waals surface area contributed by atoms with E-state index < -0.39 is 29.1 Å². The van der Waals surface area contributed by atoms with E-state index in [1.54, 1.807) is 0 Å². The van der Waals surface area contributed by atoms with Gasteiger partial charge in [-0.1, -0.05) is 22.8 Å². The Morgan fingerprint density at radius 3 is 2.37 bits per heavy atom. The Kier molecular flexibility index (Phi) is 5.15. The second-order valence-corrected chi connectivity index (χ2v) is 7.26. The van der Waals surface area contributed by atoms with E-state index in [0.717, 1.165) is 36.5 Å². The maximum absolute atomic E-state index is 14.2. The monoisotopic (exact) mass is 503 g/mol. The Labute approximate surface area is 179 Å². The van der Waals surface area contributed by atoms with Crippen LogP contribution in [0.25, 0.3) is 28.3 Å². The summed E-state index contributed by atoms with van der Waals surface area (Å²) < 4.78 is 74.8. The number of aromatic nitrogens is 3. The van der Waals surface area contributed by atoms with E-state index in [4.69, 9.17) is 16.1 Å². The van der Waals surface area contributed by atoms with Crippen LogP contribution in [-0.2, 0) is 6.18 Å². The molecule has 0 atom stereocenters. The standard InChI is InChI=1S/C19H8BrClF5N3O/c20-15-16(14-12(21)2-1-3-13(14)23)28-30-17(15)11-8-27-29(18(11)19(24,25)26)10-6-4-9(22)5-7-10/h1-8H. The van der Waals surface area contributed by atoms with Crippen molar-refractivity contribution in [3.63, 3.8) is 0 Å². The first-order valence-electron chi connectivity index (χ1n) is 8.19. The van der Waals surface area contributed by atoms with E-state index in [1.165, 1.54) is 12.1 Å². The molecule has 2 aromatic carbocycles. The summed E-state index contributed by atoms with van der Waals surface area (Å²) in [5.41, 5.74) is -1.85. The van der Waals surface area contributed by atoms with E-state index in [0.29, 0.717) is 4.68 Å². The van der Waals surface area contributed by atoms with Crippen LogP contribution in [0.15, 0.2) is 57.7 Å². The van der Waals surface area contributed by atoms with E-state index in [2.05, 4.69) is 26.2 Å². The fourth-order valence-electron chi connectivity index (χ4n) is 2.89. The van der Waals surface area contributed by atoms with Crippen LogP contribution in [0, 0.1) is 11.6 Å². The zero-order valence-corrected chi connectivity index (χ0v) is 16.9. The summed E-state index contributed by atoms with van der Waals surface area (Å²) in [4.78, 5) is 0. The summed E-state index contributed by atoms with van der Waals surface area (Å²) in [6, 6.07) is 8.26. The van der Waals surface area contributed by atoms with Crippen molar-refractivity contribution in [2.24, 2.45) is 0 Å². The van der Waals surface area contributed by atoms with Gasteiger partial charge >= 0.3 is 6.18 Å². The van der Waals surface area contributed by atoms with Gasteiger partial charge in [-0.15, -0.1) is 0 Å². The van der Waals surface area contributed by atoms with Crippen molar-refractivity contribution in [3.05, 3.63) is 75.5 Å². The molecule has 2 aromatic heterocycles. The Morgan fingerprint density at radius 2 is 1.73 bits per heavy atom. The molecule has 0 aliphatic carbocycles. The Bertz CT molecular complexity index is 1210. The zero-order valence-electron chi connectivity index (χ0n) is 14.5. The van der Waals surface area contributed by atoms with Gasteiger partial charge in [-0.2, -0.15) is 18.3 Å². The predicted octanol–water partition coefficient (Wildman–Crippen LogP) is 6.91. The molecule has 30 heavy (non-hydrogen) atoms. The van der Waals surface area contributed by atoms with Crippen LogP contribution in [0.2, 0.25) is 5.02 Å². The maximum atomic E-state index is 14.2. The van der Waals surface area contributed by atoms with Gasteiger partial charge in [0.1, 0.15) is 17.3 Å². The highest BCUT2D eigenvalue weighted by molar-refractivity contribution is 9.10. The first kappa shape index (κ1) is 20.5. The molecule has 4 aromatic rings. The lowest BCUT2D eigenvalue weighted by atomic mass is 10.1. The molecule has 0 aliphatic heterocycles. The summed E-state index contributed by atoms with van der Waals surface area (Å²) >= 11 is 9.16. The van der Waals surface area contributed by atoms with Crippen LogP contribution in [0.1, 0.15) is 5.69 Å². The minimum Gasteiger partial charge on any atom is -0.354 e. The Morgan fingerprint density at radius 1 is 1.03 bits per heavy atom. The number of hydrogen-bond donors (Lipinski definition) is 0. The van der Waals surface area contributed by atoms with Gasteiger partial charge in [0, 0.05) is 0 Å². The van der Waals surface area contributed by atoms with E-state index in [9.17, 15) is 22.0 Å². The second kappa shape index (κ2) is 7.51. The van der Waals surface area contributed by atoms with Crippen LogP contribution in [0.4, 0.5) is 22.0 Å². The van der Waals surface area contributed by atoms with Gasteiger partial charge in [0.05, 0.1) is 32.5 Å². The SMILES string of the molecule is Fc1ccc(-n2ncc(-c3onc(-c4c(F)cccc4Cl)c3Br)c2C(F)(F)F)cc1. The molecule has 0 fully saturated rings. The molecule has 0 saturated carbocycles. The minimum absolute atomic E-state index is 0.00796. The number of alkyl halides is 3. The van der Waals surface area contributed by atoms with Crippen molar-refractivity contribution >= 4 is 27.5 Å². The summed E-state index contributed by atoms with van der Waals surface area (Å²) in [5.74, 6) is -1.64. The summed E-state index contributed by atoms with van der Waals surface area (Å²) in [7, 11) is 0. The lowest BCUT2D eigenvalue weighted by molar-refractivity contribution is -0.142. The third-order valence-corrected chi connectivity index (χ3v) is 5.24. The van der Waals surface area contributed by atoms with Crippen molar-refractivity contribution in [2.45, 2.75) is 6.18 Å². The molecule has 4 rings (SSSR count). The van der Waals surface area contributed by atoms with Crippen LogP contribution >= 0.6 is 27.5 Å². The molecular formula is C19H8BrClF5N3O. The largest absolute Gasteiger partial charge is 0.434 e. The normalized spacial score (nSPS) is 11.8. The number of benzene rings is 2. The molecule has 154 valence electrons. The minimum atomic E-state index is -4.84. The van der Waals surface area contributed by atoms with Gasteiger partial charge in [0.25, 0.3) is 0 Å². The predicted molar refractivity (Wildman–Crippen MR) is 102 cm³/mol. The Hall–Kier alpha value is -2.72. The smallest absolute Gasteiger partial charge is 0.354 e. The third-order valence-electron chi connectivity index (χ3n) is 4.19. The van der Waals surface area contributed by atoms with Crippen LogP contribution in [0.3, 0.4) is 0 Å². The Balaban J connectivity index is 1.90. The quantitative estimate of drug-likeness (QED) is 0.285. The molecule has 4 nitrogen and oxygen atoms in total. The molecule has 0 N–H and O–H groups in total. The fourth-order valence-corrected chi connectivity index (χ4v) is 3.70. The van der Waals surface area contributed by atoms with E-state index in [-0.39, 0.29) is 32.2 Å². The van der Waals surface area contributed by atoms with Crippen LogP contribution < -0.4 is 0 Å².